The minimum atomic E-state index is -3.56. The van der Waals surface area contributed by atoms with Crippen LogP contribution in [0.3, 0.4) is 0 Å². The number of piperidine rings is 1. The molecule has 0 N–H and O–H groups in total. The Bertz CT molecular complexity index is 1320. The first-order valence-corrected chi connectivity index (χ1v) is 14.6. The van der Waals surface area contributed by atoms with Crippen LogP contribution < -0.4 is 4.90 Å². The van der Waals surface area contributed by atoms with Gasteiger partial charge in [-0.3, -0.25) is 4.79 Å². The lowest BCUT2D eigenvalue weighted by Crippen LogP contribution is -2.48. The first-order chi connectivity index (χ1) is 16.7. The SMILES string of the molecule is CC1CC(C)CN(S(=O)(=O)c2ccc(C(=O)N3CCN(c4nc5c(Cl)cccc5s4)CC3)cc2)C1. The Balaban J connectivity index is 1.23. The van der Waals surface area contributed by atoms with Gasteiger partial charge < -0.3 is 9.80 Å². The molecule has 10 heteroatoms. The van der Waals surface area contributed by atoms with Gasteiger partial charge in [0.25, 0.3) is 5.91 Å². The van der Waals surface area contributed by atoms with Crippen molar-refractivity contribution >= 4 is 54.2 Å². The van der Waals surface area contributed by atoms with E-state index in [0.29, 0.717) is 61.7 Å². The molecule has 1 aromatic heterocycles. The Kier molecular flexibility index (Phi) is 6.78. The van der Waals surface area contributed by atoms with E-state index in [0.717, 1.165) is 21.8 Å². The molecule has 1 amide bonds. The second kappa shape index (κ2) is 9.69. The number of thiazole rings is 1. The van der Waals surface area contributed by atoms with Gasteiger partial charge in [-0.05, 0) is 54.7 Å². The van der Waals surface area contributed by atoms with Gasteiger partial charge in [-0.15, -0.1) is 0 Å². The van der Waals surface area contributed by atoms with E-state index >= 15 is 0 Å². The van der Waals surface area contributed by atoms with Gasteiger partial charge in [0, 0.05) is 44.8 Å². The van der Waals surface area contributed by atoms with Crippen LogP contribution in [0.2, 0.25) is 5.02 Å². The van der Waals surface area contributed by atoms with E-state index < -0.39 is 10.0 Å². The van der Waals surface area contributed by atoms with Crippen LogP contribution in [0.15, 0.2) is 47.4 Å². The molecule has 35 heavy (non-hydrogen) atoms. The Labute approximate surface area is 215 Å². The maximum Gasteiger partial charge on any atom is 0.253 e. The van der Waals surface area contributed by atoms with Crippen molar-refractivity contribution in [2.24, 2.45) is 11.8 Å². The number of para-hydroxylation sites is 1. The predicted octanol–water partition coefficient (Wildman–Crippen LogP) is 4.58. The number of carbonyl (C=O) groups is 1. The van der Waals surface area contributed by atoms with Crippen molar-refractivity contribution in [3.05, 3.63) is 53.1 Å². The van der Waals surface area contributed by atoms with Crippen LogP contribution in [-0.2, 0) is 10.0 Å². The third-order valence-electron chi connectivity index (χ3n) is 6.77. The number of sulfonamides is 1. The van der Waals surface area contributed by atoms with E-state index in [4.69, 9.17) is 16.6 Å². The zero-order valence-electron chi connectivity index (χ0n) is 19.9. The molecule has 2 fully saturated rings. The summed E-state index contributed by atoms with van der Waals surface area (Å²) in [6.07, 6.45) is 1.04. The molecule has 0 saturated carbocycles. The topological polar surface area (TPSA) is 73.8 Å². The number of anilines is 1. The summed E-state index contributed by atoms with van der Waals surface area (Å²) >= 11 is 7.88. The number of hydrogen-bond donors (Lipinski definition) is 0. The van der Waals surface area contributed by atoms with Crippen molar-refractivity contribution in [1.82, 2.24) is 14.2 Å². The monoisotopic (exact) mass is 532 g/mol. The van der Waals surface area contributed by atoms with Crippen molar-refractivity contribution < 1.29 is 13.2 Å². The molecule has 2 aliphatic heterocycles. The molecule has 0 bridgehead atoms. The molecule has 2 unspecified atom stereocenters. The second-order valence-electron chi connectivity index (χ2n) is 9.65. The summed E-state index contributed by atoms with van der Waals surface area (Å²) < 4.78 is 28.9. The summed E-state index contributed by atoms with van der Waals surface area (Å²) in [6.45, 7) is 7.77. The molecule has 2 aliphatic rings. The Morgan fingerprint density at radius 3 is 2.29 bits per heavy atom. The van der Waals surface area contributed by atoms with Gasteiger partial charge >= 0.3 is 0 Å². The van der Waals surface area contributed by atoms with E-state index in [-0.39, 0.29) is 10.8 Å². The molecular formula is C25H29ClN4O3S2. The van der Waals surface area contributed by atoms with Crippen molar-refractivity contribution in [3.8, 4) is 0 Å². The van der Waals surface area contributed by atoms with Gasteiger partial charge in [0.15, 0.2) is 5.13 Å². The van der Waals surface area contributed by atoms with Gasteiger partial charge in [-0.2, -0.15) is 4.31 Å². The second-order valence-corrected chi connectivity index (χ2v) is 13.0. The van der Waals surface area contributed by atoms with E-state index in [9.17, 15) is 13.2 Å². The highest BCUT2D eigenvalue weighted by Gasteiger charge is 2.32. The molecule has 2 saturated heterocycles. The lowest BCUT2D eigenvalue weighted by atomic mass is 9.94. The van der Waals surface area contributed by atoms with Crippen molar-refractivity contribution in [2.75, 3.05) is 44.2 Å². The summed E-state index contributed by atoms with van der Waals surface area (Å²) in [7, 11) is -3.56. The molecule has 186 valence electrons. The largest absolute Gasteiger partial charge is 0.345 e. The molecule has 2 aromatic carbocycles. The summed E-state index contributed by atoms with van der Waals surface area (Å²) in [5, 5.41) is 1.56. The lowest BCUT2D eigenvalue weighted by Gasteiger charge is -2.35. The van der Waals surface area contributed by atoms with Gasteiger partial charge in [0.05, 0.1) is 14.6 Å². The highest BCUT2D eigenvalue weighted by molar-refractivity contribution is 7.89. The number of aromatic nitrogens is 1. The van der Waals surface area contributed by atoms with Crippen LogP contribution in [0.25, 0.3) is 10.2 Å². The Hall–Kier alpha value is -2.20. The third kappa shape index (κ3) is 4.91. The number of rotatable bonds is 4. The maximum atomic E-state index is 13.1. The van der Waals surface area contributed by atoms with Gasteiger partial charge in [-0.1, -0.05) is 42.9 Å². The standard InChI is InChI=1S/C25H29ClN4O3S2/c1-17-14-18(2)16-30(15-17)35(32,33)20-8-6-19(7-9-20)24(31)28-10-12-29(13-11-28)25-27-23-21(26)4-3-5-22(23)34-25/h3-9,17-18H,10-16H2,1-2H3. The van der Waals surface area contributed by atoms with Gasteiger partial charge in [-0.25, -0.2) is 13.4 Å². The quantitative estimate of drug-likeness (QED) is 0.492. The molecule has 3 aromatic rings. The fourth-order valence-corrected chi connectivity index (χ4v) is 8.04. The van der Waals surface area contributed by atoms with E-state index in [1.54, 1.807) is 39.9 Å². The zero-order chi connectivity index (χ0) is 24.7. The van der Waals surface area contributed by atoms with Crippen molar-refractivity contribution in [1.29, 1.82) is 0 Å². The van der Waals surface area contributed by atoms with Crippen molar-refractivity contribution in [3.63, 3.8) is 0 Å². The molecule has 0 spiro atoms. The van der Waals surface area contributed by atoms with Crippen LogP contribution in [0, 0.1) is 11.8 Å². The van der Waals surface area contributed by atoms with Crippen LogP contribution in [0.4, 0.5) is 5.13 Å². The van der Waals surface area contributed by atoms with Crippen molar-refractivity contribution in [2.45, 2.75) is 25.2 Å². The highest BCUT2D eigenvalue weighted by atomic mass is 35.5. The first kappa shape index (κ1) is 24.5. The van der Waals surface area contributed by atoms with Crippen LogP contribution >= 0.6 is 22.9 Å². The number of hydrogen-bond acceptors (Lipinski definition) is 6. The summed E-state index contributed by atoms with van der Waals surface area (Å²) in [6, 6.07) is 12.2. The number of benzene rings is 2. The number of halogens is 1. The fourth-order valence-electron chi connectivity index (χ4n) is 5.04. The number of nitrogens with zero attached hydrogens (tertiary/aromatic N) is 4. The van der Waals surface area contributed by atoms with Crippen LogP contribution in [-0.4, -0.2) is 67.8 Å². The molecule has 5 rings (SSSR count). The first-order valence-electron chi connectivity index (χ1n) is 11.9. The molecule has 0 aliphatic carbocycles. The van der Waals surface area contributed by atoms with Gasteiger partial charge in [0.2, 0.25) is 10.0 Å². The molecule has 0 radical (unpaired) electrons. The third-order valence-corrected chi connectivity index (χ3v) is 10.0. The average Bonchev–Trinajstić information content (AvgIpc) is 3.29. The van der Waals surface area contributed by atoms with E-state index in [1.165, 1.54) is 0 Å². The highest BCUT2D eigenvalue weighted by Crippen LogP contribution is 2.33. The fraction of sp³-hybridized carbons (Fsp3) is 0.440. The minimum absolute atomic E-state index is 0.0823. The normalized spacial score (nSPS) is 22.0. The average molecular weight is 533 g/mol. The molecular weight excluding hydrogens is 504 g/mol. The summed E-state index contributed by atoms with van der Waals surface area (Å²) in [5.74, 6) is 0.599. The maximum absolute atomic E-state index is 13.1. The predicted molar refractivity (Wildman–Crippen MR) is 141 cm³/mol. The number of carbonyl (C=O) groups excluding carboxylic acids is 1. The zero-order valence-corrected chi connectivity index (χ0v) is 22.2. The molecule has 7 nitrogen and oxygen atoms in total. The Morgan fingerprint density at radius 2 is 1.66 bits per heavy atom. The van der Waals surface area contributed by atoms with Crippen LogP contribution in [0.5, 0.6) is 0 Å². The lowest BCUT2D eigenvalue weighted by molar-refractivity contribution is 0.0746. The molecule has 2 atom stereocenters. The number of piperazine rings is 1. The number of amides is 1. The molecule has 3 heterocycles. The van der Waals surface area contributed by atoms with E-state index in [2.05, 4.69) is 18.7 Å². The Morgan fingerprint density at radius 1 is 1.00 bits per heavy atom. The smallest absolute Gasteiger partial charge is 0.253 e. The van der Waals surface area contributed by atoms with Crippen LogP contribution in [0.1, 0.15) is 30.6 Å². The number of fused-ring (bicyclic) bond motifs is 1. The summed E-state index contributed by atoms with van der Waals surface area (Å²) in [4.78, 5) is 22.0. The van der Waals surface area contributed by atoms with Gasteiger partial charge in [0.1, 0.15) is 5.52 Å². The van der Waals surface area contributed by atoms with E-state index in [1.807, 2.05) is 23.1 Å². The minimum Gasteiger partial charge on any atom is -0.345 e. The summed E-state index contributed by atoms with van der Waals surface area (Å²) in [5.41, 5.74) is 1.32.